The fourth-order valence-corrected chi connectivity index (χ4v) is 4.15. The Balaban J connectivity index is 1.46. The van der Waals surface area contributed by atoms with Crippen LogP contribution in [0.4, 0.5) is 10.1 Å². The maximum absolute atomic E-state index is 15.1. The molecule has 2 saturated heterocycles. The molecule has 7 heteroatoms. The maximum Gasteiger partial charge on any atom is 0.249 e. The van der Waals surface area contributed by atoms with Gasteiger partial charge in [-0.15, -0.1) is 0 Å². The van der Waals surface area contributed by atoms with Crippen LogP contribution in [0, 0.1) is 5.82 Å². The summed E-state index contributed by atoms with van der Waals surface area (Å²) in [5.41, 5.74) is 0.973. The molecule has 2 N–H and O–H groups in total. The number of carbonyl (C=O) groups excluding carboxylic acids is 2. The first kappa shape index (κ1) is 17.4. The average Bonchev–Trinajstić information content (AvgIpc) is 3.08. The zero-order valence-corrected chi connectivity index (χ0v) is 14.6. The number of hydrogen-bond acceptors (Lipinski definition) is 5. The molecule has 3 aliphatic rings. The predicted octanol–water partition coefficient (Wildman–Crippen LogP) is 2.44. The molecule has 4 rings (SSSR count). The van der Waals surface area contributed by atoms with Crippen LogP contribution in [-0.4, -0.2) is 36.9 Å². The molecule has 2 amide bonds. The summed E-state index contributed by atoms with van der Waals surface area (Å²) in [4.78, 5) is 23.2. The van der Waals surface area contributed by atoms with Crippen LogP contribution in [-0.2, 0) is 19.1 Å². The molecule has 1 aliphatic carbocycles. The van der Waals surface area contributed by atoms with Gasteiger partial charge >= 0.3 is 0 Å². The molecule has 1 atom stereocenters. The Bertz CT molecular complexity index is 707. The molecule has 26 heavy (non-hydrogen) atoms. The van der Waals surface area contributed by atoms with Crippen molar-refractivity contribution in [2.45, 2.75) is 56.3 Å². The van der Waals surface area contributed by atoms with E-state index in [1.165, 1.54) is 0 Å². The van der Waals surface area contributed by atoms with Gasteiger partial charge in [0.25, 0.3) is 0 Å². The van der Waals surface area contributed by atoms with Crippen LogP contribution < -0.4 is 10.6 Å². The van der Waals surface area contributed by atoms with Gasteiger partial charge in [0.05, 0.1) is 18.9 Å². The highest BCUT2D eigenvalue weighted by Gasteiger charge is 2.41. The molecule has 3 fully saturated rings. The monoisotopic (exact) mass is 362 g/mol. The lowest BCUT2D eigenvalue weighted by molar-refractivity contribution is -0.178. The SMILES string of the molecule is O=C1CC[C@H](Nc2cccc(C3CCC4(CC3)OCCO4)c2F)C(=O)N1. The predicted molar refractivity (Wildman–Crippen MR) is 92.0 cm³/mol. The number of anilines is 1. The number of rotatable bonds is 3. The summed E-state index contributed by atoms with van der Waals surface area (Å²) in [5.74, 6) is -1.35. The highest BCUT2D eigenvalue weighted by atomic mass is 19.1. The highest BCUT2D eigenvalue weighted by molar-refractivity contribution is 6.01. The molecule has 0 aromatic heterocycles. The number of nitrogens with one attached hydrogen (secondary N) is 2. The standard InChI is InChI=1S/C19H23FN2O4/c20-17-13(12-6-8-19(9-7-12)25-10-11-26-19)2-1-3-14(17)21-15-4-5-16(23)22-18(15)24/h1-3,12,15,21H,4-11H2,(H,22,23,24)/t15-/m0/s1. The van der Waals surface area contributed by atoms with E-state index in [4.69, 9.17) is 9.47 Å². The number of imide groups is 1. The minimum atomic E-state index is -0.590. The molecule has 0 bridgehead atoms. The Morgan fingerprint density at radius 3 is 2.54 bits per heavy atom. The summed E-state index contributed by atoms with van der Waals surface area (Å²) >= 11 is 0. The van der Waals surface area contributed by atoms with E-state index < -0.39 is 17.7 Å². The van der Waals surface area contributed by atoms with Crippen LogP contribution in [0.3, 0.4) is 0 Å². The van der Waals surface area contributed by atoms with Crippen LogP contribution in [0.15, 0.2) is 18.2 Å². The van der Waals surface area contributed by atoms with Crippen molar-refractivity contribution in [3.05, 3.63) is 29.6 Å². The van der Waals surface area contributed by atoms with E-state index in [1.54, 1.807) is 12.1 Å². The second-order valence-corrected chi connectivity index (χ2v) is 7.24. The van der Waals surface area contributed by atoms with Crippen LogP contribution in [0.25, 0.3) is 0 Å². The van der Waals surface area contributed by atoms with E-state index in [0.29, 0.717) is 30.9 Å². The van der Waals surface area contributed by atoms with Crippen LogP contribution in [0.2, 0.25) is 0 Å². The van der Waals surface area contributed by atoms with Gasteiger partial charge in [-0.1, -0.05) is 12.1 Å². The fourth-order valence-electron chi connectivity index (χ4n) is 4.15. The van der Waals surface area contributed by atoms with E-state index in [9.17, 15) is 9.59 Å². The maximum atomic E-state index is 15.1. The lowest BCUT2D eigenvalue weighted by Crippen LogP contribution is -2.47. The number of hydrogen-bond donors (Lipinski definition) is 2. The second kappa shape index (κ2) is 6.96. The molecular weight excluding hydrogens is 339 g/mol. The van der Waals surface area contributed by atoms with Crippen LogP contribution in [0.1, 0.15) is 50.0 Å². The van der Waals surface area contributed by atoms with Gasteiger partial charge in [0, 0.05) is 19.3 Å². The first-order valence-corrected chi connectivity index (χ1v) is 9.23. The molecule has 1 aromatic rings. The third-order valence-corrected chi connectivity index (χ3v) is 5.60. The van der Waals surface area contributed by atoms with Crippen molar-refractivity contribution >= 4 is 17.5 Å². The minimum absolute atomic E-state index is 0.108. The van der Waals surface area contributed by atoms with Crippen molar-refractivity contribution in [2.75, 3.05) is 18.5 Å². The van der Waals surface area contributed by atoms with E-state index >= 15 is 4.39 Å². The summed E-state index contributed by atoms with van der Waals surface area (Å²) < 4.78 is 26.5. The Labute approximate surface area is 151 Å². The largest absolute Gasteiger partial charge is 0.371 e. The van der Waals surface area contributed by atoms with Gasteiger partial charge in [0.2, 0.25) is 11.8 Å². The Morgan fingerprint density at radius 2 is 1.85 bits per heavy atom. The summed E-state index contributed by atoms with van der Waals surface area (Å²) in [5, 5.41) is 5.24. The van der Waals surface area contributed by atoms with Crippen molar-refractivity contribution in [1.82, 2.24) is 5.32 Å². The van der Waals surface area contributed by atoms with Gasteiger partial charge in [-0.3, -0.25) is 14.9 Å². The lowest BCUT2D eigenvalue weighted by Gasteiger charge is -2.35. The van der Waals surface area contributed by atoms with Crippen LogP contribution >= 0.6 is 0 Å². The number of carbonyl (C=O) groups is 2. The minimum Gasteiger partial charge on any atom is -0.371 e. The number of ether oxygens (including phenoxy) is 2. The Hall–Kier alpha value is -1.99. The normalized spacial score (nSPS) is 26.1. The Kier molecular flexibility index (Phi) is 4.67. The molecule has 0 radical (unpaired) electrons. The second-order valence-electron chi connectivity index (χ2n) is 7.24. The quantitative estimate of drug-likeness (QED) is 0.808. The van der Waals surface area contributed by atoms with Crippen LogP contribution in [0.5, 0.6) is 0 Å². The zero-order valence-electron chi connectivity index (χ0n) is 14.6. The van der Waals surface area contributed by atoms with E-state index in [-0.39, 0.29) is 24.1 Å². The van der Waals surface area contributed by atoms with Crippen molar-refractivity contribution in [3.63, 3.8) is 0 Å². The summed E-state index contributed by atoms with van der Waals surface area (Å²) in [7, 11) is 0. The van der Waals surface area contributed by atoms with Crippen molar-refractivity contribution in [2.24, 2.45) is 0 Å². The molecule has 1 saturated carbocycles. The van der Waals surface area contributed by atoms with Gasteiger partial charge in [-0.2, -0.15) is 0 Å². The van der Waals surface area contributed by atoms with E-state index in [0.717, 1.165) is 25.7 Å². The van der Waals surface area contributed by atoms with E-state index in [2.05, 4.69) is 10.6 Å². The molecule has 6 nitrogen and oxygen atoms in total. The smallest absolute Gasteiger partial charge is 0.249 e. The van der Waals surface area contributed by atoms with Gasteiger partial charge in [-0.05, 0) is 36.8 Å². The van der Waals surface area contributed by atoms with Gasteiger partial charge in [-0.25, -0.2) is 4.39 Å². The van der Waals surface area contributed by atoms with Crippen molar-refractivity contribution in [1.29, 1.82) is 0 Å². The molecule has 0 unspecified atom stereocenters. The molecule has 2 aliphatic heterocycles. The summed E-state index contributed by atoms with van der Waals surface area (Å²) in [6.07, 6.45) is 3.77. The third-order valence-electron chi connectivity index (χ3n) is 5.60. The molecule has 1 spiro atoms. The molecular formula is C19H23FN2O4. The number of halogens is 1. The average molecular weight is 362 g/mol. The topological polar surface area (TPSA) is 76.7 Å². The van der Waals surface area contributed by atoms with E-state index in [1.807, 2.05) is 6.07 Å². The number of amides is 2. The van der Waals surface area contributed by atoms with Crippen molar-refractivity contribution in [3.8, 4) is 0 Å². The lowest BCUT2D eigenvalue weighted by atomic mass is 9.80. The Morgan fingerprint density at radius 1 is 1.12 bits per heavy atom. The summed E-state index contributed by atoms with van der Waals surface area (Å²) in [6, 6.07) is 4.66. The molecule has 2 heterocycles. The van der Waals surface area contributed by atoms with Gasteiger partial charge in [0.1, 0.15) is 11.9 Å². The molecule has 140 valence electrons. The highest BCUT2D eigenvalue weighted by Crippen LogP contribution is 2.43. The number of piperidine rings is 1. The first-order chi connectivity index (χ1) is 12.6. The zero-order chi connectivity index (χ0) is 18.1. The molecule has 1 aromatic carbocycles. The third kappa shape index (κ3) is 3.33. The summed E-state index contributed by atoms with van der Waals surface area (Å²) in [6.45, 7) is 1.26. The van der Waals surface area contributed by atoms with Gasteiger partial charge < -0.3 is 14.8 Å². The van der Waals surface area contributed by atoms with Gasteiger partial charge in [0.15, 0.2) is 5.79 Å². The number of benzene rings is 1. The van der Waals surface area contributed by atoms with Crippen molar-refractivity contribution < 1.29 is 23.5 Å². The first-order valence-electron chi connectivity index (χ1n) is 9.23. The fraction of sp³-hybridized carbons (Fsp3) is 0.579.